The molecule has 2 heterocycles. The molecule has 5 heteroatoms. The summed E-state index contributed by atoms with van der Waals surface area (Å²) < 4.78 is 0. The quantitative estimate of drug-likeness (QED) is 0.703. The molecule has 0 aliphatic carbocycles. The molecule has 1 aliphatic heterocycles. The van der Waals surface area contributed by atoms with E-state index in [9.17, 15) is 4.79 Å². The minimum atomic E-state index is -0.0468. The van der Waals surface area contributed by atoms with Gasteiger partial charge in [-0.05, 0) is 67.9 Å². The van der Waals surface area contributed by atoms with Crippen molar-refractivity contribution in [2.24, 2.45) is 5.92 Å². The minimum Gasteiger partial charge on any atom is -0.385 e. The molecule has 1 saturated heterocycles. The number of likely N-dealkylation sites (tertiary alicyclic amines) is 1. The zero-order chi connectivity index (χ0) is 19.8. The van der Waals surface area contributed by atoms with Crippen molar-refractivity contribution in [3.63, 3.8) is 0 Å². The van der Waals surface area contributed by atoms with Crippen molar-refractivity contribution >= 4 is 17.5 Å². The lowest BCUT2D eigenvalue weighted by Crippen LogP contribution is -2.42. The molecule has 1 fully saturated rings. The van der Waals surface area contributed by atoms with Crippen LogP contribution in [0.1, 0.15) is 43.7 Å². The monoisotopic (exact) mass is 380 g/mol. The molecular weight excluding hydrogens is 348 g/mol. The van der Waals surface area contributed by atoms with E-state index in [1.807, 2.05) is 24.0 Å². The summed E-state index contributed by atoms with van der Waals surface area (Å²) in [5.41, 5.74) is 3.77. The van der Waals surface area contributed by atoms with Crippen molar-refractivity contribution in [3.05, 3.63) is 53.7 Å². The Kier molecular flexibility index (Phi) is 7.29. The standard InChI is InChI=1S/C23H32N4O/c1-3-4-7-20-8-5-6-9-21(20)25-17-19-11-14-27(15-12-19)23(28)26-22-16-18(2)10-13-24-22/h5-6,8-10,13,16,19,25H,3-4,7,11-12,14-15,17H2,1-2H3,(H,24,26,28). The van der Waals surface area contributed by atoms with Gasteiger partial charge in [0.05, 0.1) is 0 Å². The fourth-order valence-electron chi connectivity index (χ4n) is 3.67. The Morgan fingerprint density at radius 1 is 1.21 bits per heavy atom. The fourth-order valence-corrected chi connectivity index (χ4v) is 3.67. The van der Waals surface area contributed by atoms with Crippen molar-refractivity contribution in [1.82, 2.24) is 9.88 Å². The van der Waals surface area contributed by atoms with E-state index in [0.717, 1.165) is 44.5 Å². The van der Waals surface area contributed by atoms with Gasteiger partial charge in [-0.2, -0.15) is 0 Å². The SMILES string of the molecule is CCCCc1ccccc1NCC1CCN(C(=O)Nc2cc(C)ccn2)CC1. The number of nitrogens with zero attached hydrogens (tertiary/aromatic N) is 2. The van der Waals surface area contributed by atoms with Crippen LogP contribution in [0.5, 0.6) is 0 Å². The number of nitrogens with one attached hydrogen (secondary N) is 2. The summed E-state index contributed by atoms with van der Waals surface area (Å²) in [4.78, 5) is 18.6. The number of carbonyl (C=O) groups excluding carboxylic acids is 1. The molecular formula is C23H32N4O. The summed E-state index contributed by atoms with van der Waals surface area (Å²) in [5, 5.41) is 6.57. The number of hydrogen-bond acceptors (Lipinski definition) is 3. The van der Waals surface area contributed by atoms with Crippen LogP contribution in [0.3, 0.4) is 0 Å². The van der Waals surface area contributed by atoms with Gasteiger partial charge >= 0.3 is 6.03 Å². The highest BCUT2D eigenvalue weighted by Crippen LogP contribution is 2.22. The summed E-state index contributed by atoms with van der Waals surface area (Å²) in [6, 6.07) is 12.4. The Hall–Kier alpha value is -2.56. The van der Waals surface area contributed by atoms with Crippen molar-refractivity contribution in [2.45, 2.75) is 46.0 Å². The Morgan fingerprint density at radius 3 is 2.75 bits per heavy atom. The lowest BCUT2D eigenvalue weighted by atomic mass is 9.96. The number of aromatic nitrogens is 1. The van der Waals surface area contributed by atoms with Gasteiger partial charge in [0.15, 0.2) is 0 Å². The Morgan fingerprint density at radius 2 is 2.00 bits per heavy atom. The second-order valence-corrected chi connectivity index (χ2v) is 7.72. The molecule has 150 valence electrons. The Bertz CT molecular complexity index is 769. The van der Waals surface area contributed by atoms with Gasteiger partial charge in [-0.1, -0.05) is 31.5 Å². The van der Waals surface area contributed by atoms with Crippen LogP contribution in [0.25, 0.3) is 0 Å². The van der Waals surface area contributed by atoms with Crippen LogP contribution in [0, 0.1) is 12.8 Å². The maximum absolute atomic E-state index is 12.5. The van der Waals surface area contributed by atoms with Crippen molar-refractivity contribution in [1.29, 1.82) is 0 Å². The molecule has 0 spiro atoms. The van der Waals surface area contributed by atoms with Crippen molar-refractivity contribution in [3.8, 4) is 0 Å². The molecule has 28 heavy (non-hydrogen) atoms. The van der Waals surface area contributed by atoms with Crippen molar-refractivity contribution < 1.29 is 4.79 Å². The van der Waals surface area contributed by atoms with Crippen LogP contribution < -0.4 is 10.6 Å². The maximum Gasteiger partial charge on any atom is 0.323 e. The average molecular weight is 381 g/mol. The summed E-state index contributed by atoms with van der Waals surface area (Å²) in [5.74, 6) is 1.22. The predicted molar refractivity (Wildman–Crippen MR) is 116 cm³/mol. The molecule has 1 aliphatic rings. The molecule has 2 N–H and O–H groups in total. The second kappa shape index (κ2) is 10.1. The molecule has 0 atom stereocenters. The van der Waals surface area contributed by atoms with Crippen LogP contribution in [0.4, 0.5) is 16.3 Å². The van der Waals surface area contributed by atoms with Gasteiger partial charge < -0.3 is 10.2 Å². The Labute approximate surface area is 168 Å². The zero-order valence-corrected chi connectivity index (χ0v) is 17.1. The van der Waals surface area contributed by atoms with E-state index in [2.05, 4.69) is 46.8 Å². The first-order valence-corrected chi connectivity index (χ1v) is 10.5. The normalized spacial score (nSPS) is 14.7. The number of urea groups is 1. The number of benzene rings is 1. The average Bonchev–Trinajstić information content (AvgIpc) is 2.71. The first kappa shape index (κ1) is 20.2. The number of rotatable bonds is 7. The molecule has 0 saturated carbocycles. The van der Waals surface area contributed by atoms with Crippen LogP contribution >= 0.6 is 0 Å². The number of piperidine rings is 1. The smallest absolute Gasteiger partial charge is 0.323 e. The van der Waals surface area contributed by atoms with E-state index in [0.29, 0.717) is 11.7 Å². The zero-order valence-electron chi connectivity index (χ0n) is 17.1. The Balaban J connectivity index is 1.45. The first-order chi connectivity index (χ1) is 13.7. The van der Waals surface area contributed by atoms with E-state index in [4.69, 9.17) is 0 Å². The summed E-state index contributed by atoms with van der Waals surface area (Å²) >= 11 is 0. The number of amides is 2. The topological polar surface area (TPSA) is 57.3 Å². The van der Waals surface area contributed by atoms with Gasteiger partial charge in [-0.25, -0.2) is 9.78 Å². The molecule has 2 aromatic rings. The van der Waals surface area contributed by atoms with Gasteiger partial charge in [-0.3, -0.25) is 5.32 Å². The number of anilines is 2. The van der Waals surface area contributed by atoms with Gasteiger partial charge in [0.2, 0.25) is 0 Å². The van der Waals surface area contributed by atoms with E-state index in [1.165, 1.54) is 24.1 Å². The second-order valence-electron chi connectivity index (χ2n) is 7.72. The number of unbranched alkanes of at least 4 members (excludes halogenated alkanes) is 1. The summed E-state index contributed by atoms with van der Waals surface area (Å²) in [6.07, 6.45) is 7.35. The molecule has 3 rings (SSSR count). The molecule has 1 aromatic carbocycles. The third-order valence-corrected chi connectivity index (χ3v) is 5.45. The number of aryl methyl sites for hydroxylation is 2. The van der Waals surface area contributed by atoms with Crippen molar-refractivity contribution in [2.75, 3.05) is 30.3 Å². The van der Waals surface area contributed by atoms with Crippen LogP contribution in [0.2, 0.25) is 0 Å². The number of para-hydroxylation sites is 1. The van der Waals surface area contributed by atoms with Gasteiger partial charge in [0, 0.05) is 31.5 Å². The maximum atomic E-state index is 12.5. The number of hydrogen-bond donors (Lipinski definition) is 2. The van der Waals surface area contributed by atoms with Gasteiger partial charge in [0.25, 0.3) is 0 Å². The molecule has 0 unspecified atom stereocenters. The fraction of sp³-hybridized carbons (Fsp3) is 0.478. The molecule has 0 radical (unpaired) electrons. The van der Waals surface area contributed by atoms with E-state index < -0.39 is 0 Å². The molecule has 1 aromatic heterocycles. The number of pyridine rings is 1. The van der Waals surface area contributed by atoms with Crippen LogP contribution in [-0.4, -0.2) is 35.5 Å². The van der Waals surface area contributed by atoms with Crippen LogP contribution in [-0.2, 0) is 6.42 Å². The highest BCUT2D eigenvalue weighted by Gasteiger charge is 2.23. The summed E-state index contributed by atoms with van der Waals surface area (Å²) in [6.45, 7) is 6.78. The largest absolute Gasteiger partial charge is 0.385 e. The number of carbonyl (C=O) groups is 1. The lowest BCUT2D eigenvalue weighted by Gasteiger charge is -2.32. The lowest BCUT2D eigenvalue weighted by molar-refractivity contribution is 0.185. The molecule has 2 amide bonds. The van der Waals surface area contributed by atoms with E-state index in [-0.39, 0.29) is 6.03 Å². The van der Waals surface area contributed by atoms with Crippen LogP contribution in [0.15, 0.2) is 42.6 Å². The predicted octanol–water partition coefficient (Wildman–Crippen LogP) is 5.09. The van der Waals surface area contributed by atoms with E-state index >= 15 is 0 Å². The first-order valence-electron chi connectivity index (χ1n) is 10.5. The minimum absolute atomic E-state index is 0.0468. The third-order valence-electron chi connectivity index (χ3n) is 5.45. The van der Waals surface area contributed by atoms with Gasteiger partial charge in [0.1, 0.15) is 5.82 Å². The highest BCUT2D eigenvalue weighted by atomic mass is 16.2. The van der Waals surface area contributed by atoms with E-state index in [1.54, 1.807) is 6.20 Å². The summed E-state index contributed by atoms with van der Waals surface area (Å²) in [7, 11) is 0. The third kappa shape index (κ3) is 5.72. The van der Waals surface area contributed by atoms with Gasteiger partial charge in [-0.15, -0.1) is 0 Å². The highest BCUT2D eigenvalue weighted by molar-refractivity contribution is 5.88. The molecule has 5 nitrogen and oxygen atoms in total. The molecule has 0 bridgehead atoms.